The molecule has 1 aromatic rings. The van der Waals surface area contributed by atoms with Gasteiger partial charge in [0, 0.05) is 11.4 Å². The Morgan fingerprint density at radius 1 is 1.18 bits per heavy atom. The van der Waals surface area contributed by atoms with Gasteiger partial charge in [0.2, 0.25) is 5.91 Å². The summed E-state index contributed by atoms with van der Waals surface area (Å²) >= 11 is 0. The maximum absolute atomic E-state index is 12.3. The molecule has 1 N–H and O–H groups in total. The highest BCUT2D eigenvalue weighted by atomic mass is 16.5. The third-order valence-electron chi connectivity index (χ3n) is 4.09. The fourth-order valence-corrected chi connectivity index (χ4v) is 2.78. The van der Waals surface area contributed by atoms with Crippen molar-refractivity contribution < 1.29 is 28.6 Å². The zero-order valence-corrected chi connectivity index (χ0v) is 16.7. The highest BCUT2D eigenvalue weighted by molar-refractivity contribution is 6.03. The summed E-state index contributed by atoms with van der Waals surface area (Å²) in [6.45, 7) is 2.11. The molecule has 0 fully saturated rings. The fourth-order valence-electron chi connectivity index (χ4n) is 2.78. The monoisotopic (exact) mass is 391 g/mol. The largest absolute Gasteiger partial charge is 0.466 e. The maximum atomic E-state index is 12.3. The molecule has 1 aliphatic rings. The van der Waals surface area contributed by atoms with Crippen LogP contribution in [0.15, 0.2) is 29.5 Å². The Hall–Kier alpha value is -2.91. The Morgan fingerprint density at radius 3 is 2.43 bits per heavy atom. The van der Waals surface area contributed by atoms with Gasteiger partial charge in [-0.15, -0.1) is 0 Å². The van der Waals surface area contributed by atoms with Crippen LogP contribution in [0.3, 0.4) is 0 Å². The second-order valence-corrected chi connectivity index (χ2v) is 6.50. The van der Waals surface area contributed by atoms with Crippen LogP contribution in [0.5, 0.6) is 0 Å². The van der Waals surface area contributed by atoms with E-state index in [9.17, 15) is 14.4 Å². The minimum atomic E-state index is -0.662. The second kappa shape index (κ2) is 9.34. The van der Waals surface area contributed by atoms with Gasteiger partial charge in [0.1, 0.15) is 12.4 Å². The molecule has 0 bridgehead atoms. The number of amides is 1. The number of nitrogens with zero attached hydrogens (tertiary/aromatic N) is 2. The summed E-state index contributed by atoms with van der Waals surface area (Å²) in [5.41, 5.74) is 2.22. The minimum Gasteiger partial charge on any atom is -0.466 e. The van der Waals surface area contributed by atoms with Crippen LogP contribution >= 0.6 is 0 Å². The van der Waals surface area contributed by atoms with Gasteiger partial charge in [0.25, 0.3) is 0 Å². The summed E-state index contributed by atoms with van der Waals surface area (Å²) in [6, 6.07) is 5.25. The van der Waals surface area contributed by atoms with E-state index in [1.165, 1.54) is 14.2 Å². The van der Waals surface area contributed by atoms with Gasteiger partial charge in [0.05, 0.1) is 32.9 Å². The molecule has 0 radical (unpaired) electrons. The lowest BCUT2D eigenvalue weighted by atomic mass is 10.1. The van der Waals surface area contributed by atoms with Crippen molar-refractivity contribution in [2.75, 3.05) is 58.4 Å². The first-order valence-electron chi connectivity index (χ1n) is 8.58. The Labute approximate surface area is 163 Å². The summed E-state index contributed by atoms with van der Waals surface area (Å²) < 4.78 is 15.1. The minimum absolute atomic E-state index is 0.0503. The Morgan fingerprint density at radius 2 is 1.86 bits per heavy atom. The Balaban J connectivity index is 2.37. The van der Waals surface area contributed by atoms with E-state index < -0.39 is 11.9 Å². The fraction of sp³-hybridized carbons (Fsp3) is 0.421. The van der Waals surface area contributed by atoms with Gasteiger partial charge in [-0.05, 0) is 44.8 Å². The van der Waals surface area contributed by atoms with Gasteiger partial charge in [-0.2, -0.15) is 0 Å². The molecule has 152 valence electrons. The van der Waals surface area contributed by atoms with E-state index in [-0.39, 0.29) is 37.1 Å². The van der Waals surface area contributed by atoms with Gasteiger partial charge < -0.3 is 29.3 Å². The van der Waals surface area contributed by atoms with Crippen molar-refractivity contribution in [3.05, 3.63) is 35.0 Å². The molecule has 0 atom stereocenters. The third-order valence-corrected chi connectivity index (χ3v) is 4.09. The van der Waals surface area contributed by atoms with Crippen molar-refractivity contribution in [2.24, 2.45) is 0 Å². The zero-order chi connectivity index (χ0) is 20.8. The predicted molar refractivity (Wildman–Crippen MR) is 103 cm³/mol. The summed E-state index contributed by atoms with van der Waals surface area (Å²) in [5.74, 6) is -1.45. The molecule has 9 heteroatoms. The number of likely N-dealkylation sites (N-methyl/N-ethyl adjacent to an activating group) is 1. The first-order chi connectivity index (χ1) is 13.3. The molecule has 0 spiro atoms. The number of anilines is 2. The first kappa shape index (κ1) is 21.4. The number of carbonyl (C=O) groups is 3. The van der Waals surface area contributed by atoms with E-state index in [0.29, 0.717) is 11.4 Å². The lowest BCUT2D eigenvalue weighted by Crippen LogP contribution is -2.38. The molecule has 0 aliphatic carbocycles. The smallest absolute Gasteiger partial charge is 0.355 e. The van der Waals surface area contributed by atoms with Crippen molar-refractivity contribution in [3.8, 4) is 0 Å². The summed E-state index contributed by atoms with van der Waals surface area (Å²) in [4.78, 5) is 39.7. The number of aryl methyl sites for hydroxylation is 1. The molecule has 0 saturated carbocycles. The molecular formula is C19H25N3O6. The van der Waals surface area contributed by atoms with E-state index in [4.69, 9.17) is 14.2 Å². The van der Waals surface area contributed by atoms with E-state index in [1.807, 2.05) is 21.0 Å². The molecule has 2 rings (SSSR count). The number of rotatable bonds is 6. The van der Waals surface area contributed by atoms with E-state index >= 15 is 0 Å². The highest BCUT2D eigenvalue weighted by Crippen LogP contribution is 2.29. The number of benzene rings is 1. The van der Waals surface area contributed by atoms with Gasteiger partial charge in [-0.3, -0.25) is 4.79 Å². The molecule has 1 aliphatic heterocycles. The van der Waals surface area contributed by atoms with E-state index in [2.05, 4.69) is 5.32 Å². The van der Waals surface area contributed by atoms with Crippen LogP contribution < -0.4 is 10.2 Å². The molecule has 0 unspecified atom stereocenters. The normalized spacial score (nSPS) is 14.1. The van der Waals surface area contributed by atoms with Crippen molar-refractivity contribution >= 4 is 29.2 Å². The van der Waals surface area contributed by atoms with Crippen LogP contribution in [0, 0.1) is 6.92 Å². The quantitative estimate of drug-likeness (QED) is 0.714. The Bertz CT molecular complexity index is 803. The van der Waals surface area contributed by atoms with E-state index in [0.717, 1.165) is 5.56 Å². The lowest BCUT2D eigenvalue weighted by molar-refractivity contribution is -0.140. The van der Waals surface area contributed by atoms with Gasteiger partial charge in [-0.1, -0.05) is 0 Å². The number of nitrogens with one attached hydrogen (secondary N) is 1. The van der Waals surface area contributed by atoms with Crippen LogP contribution in [-0.2, 0) is 28.6 Å². The van der Waals surface area contributed by atoms with Crippen LogP contribution in [0.4, 0.5) is 11.4 Å². The van der Waals surface area contributed by atoms with Gasteiger partial charge >= 0.3 is 11.9 Å². The van der Waals surface area contributed by atoms with Gasteiger partial charge in [0.15, 0.2) is 0 Å². The average Bonchev–Trinajstić information content (AvgIpc) is 2.67. The number of hydrogen-bond acceptors (Lipinski definition) is 8. The molecule has 1 aromatic carbocycles. The second-order valence-electron chi connectivity index (χ2n) is 6.50. The molecule has 1 heterocycles. The number of esters is 2. The lowest BCUT2D eigenvalue weighted by Gasteiger charge is -2.31. The predicted octanol–water partition coefficient (Wildman–Crippen LogP) is 0.889. The number of ether oxygens (including phenoxy) is 3. The Kier molecular flexibility index (Phi) is 7.13. The number of hydrogen-bond donors (Lipinski definition) is 1. The SMILES string of the molecule is COC(=O)C1=C(C(=O)OC)N(c2ccc(NC(=O)CN(C)C)c(C)c2)COC1. The molecule has 9 nitrogen and oxygen atoms in total. The molecule has 28 heavy (non-hydrogen) atoms. The first-order valence-corrected chi connectivity index (χ1v) is 8.58. The standard InChI is InChI=1S/C19H25N3O6/c1-12-8-13(6-7-15(12)20-16(23)9-21(2)3)22-11-28-10-14(18(24)26-4)17(22)19(25)27-5/h6-8H,9-11H2,1-5H3,(H,20,23). The topological polar surface area (TPSA) is 97.4 Å². The molecular weight excluding hydrogens is 366 g/mol. The van der Waals surface area contributed by atoms with Crippen molar-refractivity contribution in [3.63, 3.8) is 0 Å². The molecule has 0 aromatic heterocycles. The zero-order valence-electron chi connectivity index (χ0n) is 16.7. The third kappa shape index (κ3) is 4.87. The van der Waals surface area contributed by atoms with E-state index in [1.54, 1.807) is 28.0 Å². The molecule has 0 saturated heterocycles. The van der Waals surface area contributed by atoms with Crippen molar-refractivity contribution in [1.82, 2.24) is 4.90 Å². The summed E-state index contributed by atoms with van der Waals surface area (Å²) in [5, 5.41) is 2.84. The van der Waals surface area contributed by atoms with Gasteiger partial charge in [-0.25, -0.2) is 9.59 Å². The highest BCUT2D eigenvalue weighted by Gasteiger charge is 2.32. The van der Waals surface area contributed by atoms with Crippen molar-refractivity contribution in [1.29, 1.82) is 0 Å². The van der Waals surface area contributed by atoms with Crippen LogP contribution in [0.2, 0.25) is 0 Å². The van der Waals surface area contributed by atoms with Crippen molar-refractivity contribution in [2.45, 2.75) is 6.92 Å². The summed E-state index contributed by atoms with van der Waals surface area (Å²) in [7, 11) is 6.10. The van der Waals surface area contributed by atoms with Crippen LogP contribution in [-0.4, -0.2) is 70.9 Å². The number of carbonyl (C=O) groups excluding carboxylic acids is 3. The van der Waals surface area contributed by atoms with Crippen LogP contribution in [0.25, 0.3) is 0 Å². The summed E-state index contributed by atoms with van der Waals surface area (Å²) in [6.07, 6.45) is 0. The average molecular weight is 391 g/mol. The van der Waals surface area contributed by atoms with Crippen LogP contribution in [0.1, 0.15) is 5.56 Å². The maximum Gasteiger partial charge on any atom is 0.355 e. The number of methoxy groups -OCH3 is 2. The molecule has 1 amide bonds.